The van der Waals surface area contributed by atoms with Crippen LogP contribution in [0.5, 0.6) is 0 Å². The van der Waals surface area contributed by atoms with E-state index in [2.05, 4.69) is 62.0 Å². The Hall–Kier alpha value is -3.85. The highest BCUT2D eigenvalue weighted by Gasteiger charge is 2.19. The van der Waals surface area contributed by atoms with E-state index >= 15 is 0 Å². The smallest absolute Gasteiger partial charge is 0.234 e. The van der Waals surface area contributed by atoms with Crippen molar-refractivity contribution in [2.24, 2.45) is 7.05 Å². The first-order valence-corrected chi connectivity index (χ1v) is 12.2. The molecule has 4 aromatic rings. The largest absolute Gasteiger partial charge is 0.354 e. The molecule has 0 unspecified atom stereocenters. The van der Waals surface area contributed by atoms with E-state index in [0.717, 1.165) is 22.8 Å². The Morgan fingerprint density at radius 3 is 2.31 bits per heavy atom. The Balaban J connectivity index is 1.53. The van der Waals surface area contributed by atoms with Gasteiger partial charge in [0.05, 0.1) is 11.4 Å². The van der Waals surface area contributed by atoms with E-state index in [1.807, 2.05) is 25.4 Å². The lowest BCUT2D eigenvalue weighted by Gasteiger charge is -2.14. The van der Waals surface area contributed by atoms with Crippen LogP contribution in [0.25, 0.3) is 5.69 Å². The maximum absolute atomic E-state index is 12.7. The van der Waals surface area contributed by atoms with Crippen LogP contribution < -0.4 is 10.6 Å². The minimum absolute atomic E-state index is 0.141. The number of aryl methyl sites for hydroxylation is 2. The molecule has 4 rings (SSSR count). The second-order valence-electron chi connectivity index (χ2n) is 8.34. The van der Waals surface area contributed by atoms with Crippen LogP contribution in [0.2, 0.25) is 0 Å². The Morgan fingerprint density at radius 2 is 1.66 bits per heavy atom. The zero-order chi connectivity index (χ0) is 24.9. The summed E-state index contributed by atoms with van der Waals surface area (Å²) in [5.41, 5.74) is 5.79. The summed E-state index contributed by atoms with van der Waals surface area (Å²) in [5, 5.41) is 15.2. The highest BCUT2D eigenvalue weighted by molar-refractivity contribution is 7.99. The summed E-state index contributed by atoms with van der Waals surface area (Å²) in [6, 6.07) is 17.2. The number of rotatable bonds is 8. The maximum Gasteiger partial charge on any atom is 0.234 e. The first kappa shape index (κ1) is 24.3. The molecule has 2 heterocycles. The van der Waals surface area contributed by atoms with Crippen LogP contribution in [-0.4, -0.2) is 36.9 Å². The van der Waals surface area contributed by atoms with Crippen LogP contribution >= 0.6 is 11.8 Å². The maximum atomic E-state index is 12.7. The fourth-order valence-electron chi connectivity index (χ4n) is 3.74. The number of amides is 2. The summed E-state index contributed by atoms with van der Waals surface area (Å²) in [6.45, 7) is 5.62. The van der Waals surface area contributed by atoms with Crippen LogP contribution in [0.3, 0.4) is 0 Å². The molecule has 180 valence electrons. The van der Waals surface area contributed by atoms with Crippen molar-refractivity contribution in [3.63, 3.8) is 0 Å². The lowest BCUT2D eigenvalue weighted by molar-refractivity contribution is -0.114. The molecule has 8 nitrogen and oxygen atoms in total. The van der Waals surface area contributed by atoms with Crippen LogP contribution in [0, 0.1) is 13.8 Å². The molecule has 0 fully saturated rings. The molecule has 0 aliphatic carbocycles. The normalized spacial score (nSPS) is 10.9. The van der Waals surface area contributed by atoms with Gasteiger partial charge < -0.3 is 15.2 Å². The number of hydrogen-bond donors (Lipinski definition) is 2. The second-order valence-corrected chi connectivity index (χ2v) is 9.28. The predicted molar refractivity (Wildman–Crippen MR) is 139 cm³/mol. The highest BCUT2D eigenvalue weighted by Crippen LogP contribution is 2.27. The zero-order valence-electron chi connectivity index (χ0n) is 20.2. The van der Waals surface area contributed by atoms with Crippen LogP contribution in [-0.2, 0) is 23.1 Å². The molecule has 9 heteroatoms. The molecule has 0 aliphatic heterocycles. The van der Waals surface area contributed by atoms with Gasteiger partial charge in [-0.15, -0.1) is 10.2 Å². The van der Waals surface area contributed by atoms with Crippen LogP contribution in [0.15, 0.2) is 66.0 Å². The third-order valence-corrected chi connectivity index (χ3v) is 6.66. The Kier molecular flexibility index (Phi) is 7.36. The van der Waals surface area contributed by atoms with Crippen molar-refractivity contribution in [2.75, 3.05) is 16.4 Å². The van der Waals surface area contributed by atoms with E-state index < -0.39 is 0 Å². The number of aromatic nitrogens is 4. The number of hydrogen-bond acceptors (Lipinski definition) is 5. The van der Waals surface area contributed by atoms with Gasteiger partial charge in [-0.05, 0) is 67.4 Å². The van der Waals surface area contributed by atoms with Gasteiger partial charge in [0.15, 0.2) is 5.16 Å². The molecule has 0 bridgehead atoms. The third-order valence-electron chi connectivity index (χ3n) is 5.73. The summed E-state index contributed by atoms with van der Waals surface area (Å²) in [5.74, 6) is 0.706. The van der Waals surface area contributed by atoms with Gasteiger partial charge >= 0.3 is 0 Å². The molecule has 2 aromatic carbocycles. The van der Waals surface area contributed by atoms with E-state index in [-0.39, 0.29) is 17.6 Å². The van der Waals surface area contributed by atoms with Gasteiger partial charge in [0.1, 0.15) is 5.82 Å². The number of carbonyl (C=O) groups excluding carboxylic acids is 2. The van der Waals surface area contributed by atoms with E-state index in [1.165, 1.54) is 24.2 Å². The molecule has 2 aromatic heterocycles. The van der Waals surface area contributed by atoms with Gasteiger partial charge in [0.2, 0.25) is 11.8 Å². The molecule has 0 saturated carbocycles. The van der Waals surface area contributed by atoms with Gasteiger partial charge in [0.25, 0.3) is 0 Å². The molecule has 2 amide bonds. The molecule has 0 radical (unpaired) electrons. The van der Waals surface area contributed by atoms with Crippen LogP contribution in [0.1, 0.15) is 29.6 Å². The average molecular weight is 489 g/mol. The van der Waals surface area contributed by atoms with Crippen molar-refractivity contribution in [1.82, 2.24) is 19.3 Å². The first-order valence-electron chi connectivity index (χ1n) is 11.2. The molecule has 2 N–H and O–H groups in total. The van der Waals surface area contributed by atoms with Gasteiger partial charge in [-0.1, -0.05) is 23.9 Å². The van der Waals surface area contributed by atoms with E-state index in [1.54, 1.807) is 24.3 Å². The van der Waals surface area contributed by atoms with E-state index in [0.29, 0.717) is 23.0 Å². The molecule has 35 heavy (non-hydrogen) atoms. The molecule has 0 saturated heterocycles. The number of benzene rings is 2. The second kappa shape index (κ2) is 10.6. The van der Waals surface area contributed by atoms with Crippen molar-refractivity contribution < 1.29 is 9.59 Å². The predicted octanol–water partition coefficient (Wildman–Crippen LogP) is 4.50. The zero-order valence-corrected chi connectivity index (χ0v) is 21.0. The van der Waals surface area contributed by atoms with E-state index in [9.17, 15) is 9.59 Å². The van der Waals surface area contributed by atoms with Gasteiger partial charge in [-0.3, -0.25) is 14.2 Å². The highest BCUT2D eigenvalue weighted by atomic mass is 32.2. The number of thioether (sulfide) groups is 1. The molecule has 0 aliphatic rings. The molecule has 0 atom stereocenters. The fourth-order valence-corrected chi connectivity index (χ4v) is 4.50. The summed E-state index contributed by atoms with van der Waals surface area (Å²) < 4.78 is 4.12. The number of nitrogens with zero attached hydrogens (tertiary/aromatic N) is 4. The summed E-state index contributed by atoms with van der Waals surface area (Å²) in [7, 11) is 2.01. The minimum Gasteiger partial charge on any atom is -0.354 e. The van der Waals surface area contributed by atoms with Crippen molar-refractivity contribution in [1.29, 1.82) is 0 Å². The first-order chi connectivity index (χ1) is 16.8. The van der Waals surface area contributed by atoms with Crippen molar-refractivity contribution >= 4 is 35.0 Å². The summed E-state index contributed by atoms with van der Waals surface area (Å²) >= 11 is 1.35. The lowest BCUT2D eigenvalue weighted by atomic mass is 10.1. The number of nitrogens with one attached hydrogen (secondary N) is 2. The average Bonchev–Trinajstić information content (AvgIpc) is 3.41. The quantitative estimate of drug-likeness (QED) is 0.356. The Morgan fingerprint density at radius 1 is 0.943 bits per heavy atom. The fraction of sp³-hybridized carbons (Fsp3) is 0.231. The Bertz CT molecular complexity index is 1360. The number of carbonyl (C=O) groups is 2. The van der Waals surface area contributed by atoms with Gasteiger partial charge in [-0.2, -0.15) is 0 Å². The van der Waals surface area contributed by atoms with Crippen molar-refractivity contribution in [2.45, 2.75) is 32.3 Å². The van der Waals surface area contributed by atoms with Gasteiger partial charge in [0, 0.05) is 43.7 Å². The third kappa shape index (κ3) is 5.81. The van der Waals surface area contributed by atoms with E-state index in [4.69, 9.17) is 0 Å². The molecule has 0 spiro atoms. The summed E-state index contributed by atoms with van der Waals surface area (Å²) in [6.07, 6.45) is 2.63. The number of anilines is 2. The monoisotopic (exact) mass is 488 g/mol. The molecular formula is C26H28N6O2S. The SMILES string of the molecule is CC(=O)Nc1ccc(NC(=O)CSc2nnc(Cc3cccn3C)n2-c2cccc(C)c2C)cc1. The van der Waals surface area contributed by atoms with Crippen LogP contribution in [0.4, 0.5) is 11.4 Å². The standard InChI is InChI=1S/C26H28N6O2S/c1-17-7-5-9-23(18(17)2)32-24(15-22-8-6-14-31(22)4)29-30-26(32)35-16-25(34)28-21-12-10-20(11-13-21)27-19(3)33/h5-14H,15-16H2,1-4H3,(H,27,33)(H,28,34). The lowest BCUT2D eigenvalue weighted by Crippen LogP contribution is -2.15. The topological polar surface area (TPSA) is 93.8 Å². The summed E-state index contributed by atoms with van der Waals surface area (Å²) in [4.78, 5) is 23.8. The molecular weight excluding hydrogens is 460 g/mol. The van der Waals surface area contributed by atoms with Crippen molar-refractivity contribution in [3.8, 4) is 5.69 Å². The minimum atomic E-state index is -0.151. The Labute approximate surface area is 208 Å². The van der Waals surface area contributed by atoms with Crippen molar-refractivity contribution in [3.05, 3.63) is 83.4 Å². The van der Waals surface area contributed by atoms with Gasteiger partial charge in [-0.25, -0.2) is 0 Å².